The van der Waals surface area contributed by atoms with Gasteiger partial charge in [0.2, 0.25) is 0 Å². The summed E-state index contributed by atoms with van der Waals surface area (Å²) in [5.74, 6) is 1.51. The molecular weight excluding hydrogens is 234 g/mol. The molecule has 3 nitrogen and oxygen atoms in total. The first-order valence-corrected chi connectivity index (χ1v) is 7.85. The first-order chi connectivity index (χ1) is 9.10. The summed E-state index contributed by atoms with van der Waals surface area (Å²) in [6.45, 7) is 9.18. The fourth-order valence-corrected chi connectivity index (χ4v) is 3.72. The van der Waals surface area contributed by atoms with Crippen molar-refractivity contribution in [3.8, 4) is 0 Å². The zero-order valence-corrected chi connectivity index (χ0v) is 13.1. The molecule has 0 aromatic carbocycles. The first kappa shape index (κ1) is 14.6. The lowest BCUT2D eigenvalue weighted by Crippen LogP contribution is -2.44. The van der Waals surface area contributed by atoms with Crippen LogP contribution in [0.3, 0.4) is 0 Å². The number of nitrogens with zero attached hydrogens (tertiary/aromatic N) is 2. The van der Waals surface area contributed by atoms with E-state index in [2.05, 4.69) is 50.8 Å². The van der Waals surface area contributed by atoms with Gasteiger partial charge in [0.1, 0.15) is 0 Å². The molecule has 0 aliphatic heterocycles. The Balaban J connectivity index is 2.34. The summed E-state index contributed by atoms with van der Waals surface area (Å²) in [5, 5.41) is 8.40. The van der Waals surface area contributed by atoms with Crippen LogP contribution in [0.2, 0.25) is 0 Å². The van der Waals surface area contributed by atoms with Gasteiger partial charge in [-0.1, -0.05) is 27.7 Å². The van der Waals surface area contributed by atoms with Gasteiger partial charge in [-0.3, -0.25) is 4.68 Å². The van der Waals surface area contributed by atoms with E-state index in [1.807, 2.05) is 0 Å². The van der Waals surface area contributed by atoms with E-state index in [1.165, 1.54) is 24.2 Å². The average Bonchev–Trinajstić information content (AvgIpc) is 2.80. The Morgan fingerprint density at radius 1 is 1.26 bits per heavy atom. The largest absolute Gasteiger partial charge is 0.315 e. The normalized spacial score (nSPS) is 31.6. The monoisotopic (exact) mass is 263 g/mol. The maximum Gasteiger partial charge on any atom is 0.0700 e. The molecule has 1 heterocycles. The van der Waals surface area contributed by atoms with Crippen molar-refractivity contribution in [3.05, 3.63) is 17.5 Å². The van der Waals surface area contributed by atoms with Crippen LogP contribution in [0, 0.1) is 11.8 Å². The van der Waals surface area contributed by atoms with Crippen LogP contribution in [-0.2, 0) is 12.8 Å². The van der Waals surface area contributed by atoms with Crippen molar-refractivity contribution in [1.82, 2.24) is 15.1 Å². The van der Waals surface area contributed by atoms with Crippen LogP contribution >= 0.6 is 0 Å². The summed E-state index contributed by atoms with van der Waals surface area (Å²) in [6, 6.07) is 3.35. The smallest absolute Gasteiger partial charge is 0.0700 e. The van der Waals surface area contributed by atoms with E-state index in [4.69, 9.17) is 5.10 Å². The quantitative estimate of drug-likeness (QED) is 0.904. The summed E-state index contributed by atoms with van der Waals surface area (Å²) in [4.78, 5) is 0. The molecule has 3 heteroatoms. The van der Waals surface area contributed by atoms with Crippen molar-refractivity contribution in [1.29, 1.82) is 0 Å². The first-order valence-electron chi connectivity index (χ1n) is 7.85. The Morgan fingerprint density at radius 3 is 2.58 bits per heavy atom. The minimum absolute atomic E-state index is 0.511. The highest BCUT2D eigenvalue weighted by Gasteiger charge is 2.35. The van der Waals surface area contributed by atoms with Gasteiger partial charge in [0.25, 0.3) is 0 Å². The molecule has 4 atom stereocenters. The van der Waals surface area contributed by atoms with Crippen LogP contribution < -0.4 is 5.32 Å². The third-order valence-corrected chi connectivity index (χ3v) is 4.67. The topological polar surface area (TPSA) is 29.9 Å². The summed E-state index contributed by atoms with van der Waals surface area (Å²) >= 11 is 0. The number of rotatable bonds is 4. The number of aromatic nitrogens is 2. The van der Waals surface area contributed by atoms with Gasteiger partial charge in [0.15, 0.2) is 0 Å². The number of aryl methyl sites for hydroxylation is 2. The van der Waals surface area contributed by atoms with Crippen molar-refractivity contribution < 1.29 is 0 Å². The predicted molar refractivity (Wildman–Crippen MR) is 80.4 cm³/mol. The second-order valence-corrected chi connectivity index (χ2v) is 6.22. The van der Waals surface area contributed by atoms with E-state index in [0.717, 1.165) is 18.8 Å². The summed E-state index contributed by atoms with van der Waals surface area (Å²) in [6.07, 6.45) is 4.67. The molecule has 0 radical (unpaired) electrons. The lowest BCUT2D eigenvalue weighted by atomic mass is 9.76. The van der Waals surface area contributed by atoms with E-state index < -0.39 is 0 Å². The zero-order chi connectivity index (χ0) is 14.0. The van der Waals surface area contributed by atoms with Crippen molar-refractivity contribution >= 4 is 0 Å². The van der Waals surface area contributed by atoms with Crippen LogP contribution in [0.15, 0.2) is 6.07 Å². The van der Waals surface area contributed by atoms with E-state index in [0.29, 0.717) is 18.0 Å². The molecule has 0 saturated heterocycles. The maximum absolute atomic E-state index is 4.87. The molecule has 2 rings (SSSR count). The second kappa shape index (κ2) is 6.08. The standard InChI is InChI=1S/C16H29N3/c1-6-13-10-14(7-2)19(18-13)16-12(4)8-11(3)9-15(16)17-5/h10-12,15-17H,6-9H2,1-5H3. The molecule has 1 N–H and O–H groups in total. The van der Waals surface area contributed by atoms with E-state index in [9.17, 15) is 0 Å². The Hall–Kier alpha value is -0.830. The Bertz CT molecular complexity index is 410. The number of nitrogens with one attached hydrogen (secondary N) is 1. The lowest BCUT2D eigenvalue weighted by molar-refractivity contribution is 0.145. The highest BCUT2D eigenvalue weighted by molar-refractivity contribution is 5.12. The number of hydrogen-bond donors (Lipinski definition) is 1. The van der Waals surface area contributed by atoms with Gasteiger partial charge in [0.05, 0.1) is 11.7 Å². The molecule has 4 unspecified atom stereocenters. The molecular formula is C16H29N3. The van der Waals surface area contributed by atoms with E-state index in [-0.39, 0.29) is 0 Å². The molecule has 19 heavy (non-hydrogen) atoms. The SMILES string of the molecule is CCc1cc(CC)n(C2C(C)CC(C)CC2NC)n1. The van der Waals surface area contributed by atoms with Crippen molar-refractivity contribution in [2.45, 2.75) is 65.5 Å². The van der Waals surface area contributed by atoms with Crippen molar-refractivity contribution in [2.24, 2.45) is 11.8 Å². The van der Waals surface area contributed by atoms with Crippen molar-refractivity contribution in [2.75, 3.05) is 7.05 Å². The lowest BCUT2D eigenvalue weighted by Gasteiger charge is -2.40. The van der Waals surface area contributed by atoms with Gasteiger partial charge >= 0.3 is 0 Å². The fourth-order valence-electron chi connectivity index (χ4n) is 3.72. The van der Waals surface area contributed by atoms with Crippen LogP contribution in [0.4, 0.5) is 0 Å². The molecule has 0 bridgehead atoms. The molecule has 1 aliphatic rings. The van der Waals surface area contributed by atoms with Crippen LogP contribution in [0.5, 0.6) is 0 Å². The van der Waals surface area contributed by atoms with Gasteiger partial charge < -0.3 is 5.32 Å². The molecule has 1 saturated carbocycles. The van der Waals surface area contributed by atoms with E-state index >= 15 is 0 Å². The molecule has 0 spiro atoms. The molecule has 108 valence electrons. The minimum Gasteiger partial charge on any atom is -0.315 e. The Labute approximate surface area is 117 Å². The highest BCUT2D eigenvalue weighted by Crippen LogP contribution is 2.37. The molecule has 1 fully saturated rings. The van der Waals surface area contributed by atoms with Gasteiger partial charge in [-0.05, 0) is 50.6 Å². The molecule has 0 amide bonds. The Morgan fingerprint density at radius 2 is 2.00 bits per heavy atom. The zero-order valence-electron chi connectivity index (χ0n) is 13.1. The Kier molecular flexibility index (Phi) is 4.67. The molecule has 1 aliphatic carbocycles. The predicted octanol–water partition coefficient (Wildman–Crippen LogP) is 3.20. The van der Waals surface area contributed by atoms with Crippen LogP contribution in [0.25, 0.3) is 0 Å². The molecule has 1 aromatic rings. The molecule has 1 aromatic heterocycles. The van der Waals surface area contributed by atoms with Gasteiger partial charge in [-0.25, -0.2) is 0 Å². The minimum atomic E-state index is 0.511. The third-order valence-electron chi connectivity index (χ3n) is 4.67. The van der Waals surface area contributed by atoms with Gasteiger partial charge in [-0.2, -0.15) is 5.10 Å². The summed E-state index contributed by atoms with van der Waals surface area (Å²) in [5.41, 5.74) is 2.63. The maximum atomic E-state index is 4.87. The van der Waals surface area contributed by atoms with Crippen molar-refractivity contribution in [3.63, 3.8) is 0 Å². The summed E-state index contributed by atoms with van der Waals surface area (Å²) < 4.78 is 2.33. The number of hydrogen-bond acceptors (Lipinski definition) is 2. The highest BCUT2D eigenvalue weighted by atomic mass is 15.3. The van der Waals surface area contributed by atoms with Gasteiger partial charge in [0, 0.05) is 11.7 Å². The average molecular weight is 263 g/mol. The fraction of sp³-hybridized carbons (Fsp3) is 0.812. The van der Waals surface area contributed by atoms with Gasteiger partial charge in [-0.15, -0.1) is 0 Å². The van der Waals surface area contributed by atoms with Crippen LogP contribution in [-0.4, -0.2) is 22.9 Å². The van der Waals surface area contributed by atoms with Crippen LogP contribution in [0.1, 0.15) is 58.0 Å². The third kappa shape index (κ3) is 2.86. The summed E-state index contributed by atoms with van der Waals surface area (Å²) in [7, 11) is 2.10. The number of likely N-dealkylation sites (N-methyl/N-ethyl adjacent to an activating group) is 1. The van der Waals surface area contributed by atoms with E-state index in [1.54, 1.807) is 0 Å². The second-order valence-electron chi connectivity index (χ2n) is 6.22.